The topological polar surface area (TPSA) is 93.5 Å². The van der Waals surface area contributed by atoms with Gasteiger partial charge in [0.25, 0.3) is 5.91 Å². The predicted octanol–water partition coefficient (Wildman–Crippen LogP) is 6.36. The van der Waals surface area contributed by atoms with Crippen molar-refractivity contribution in [1.29, 1.82) is 0 Å². The average molecular weight is 623 g/mol. The van der Waals surface area contributed by atoms with Gasteiger partial charge in [-0.15, -0.1) is 0 Å². The van der Waals surface area contributed by atoms with Gasteiger partial charge in [0.1, 0.15) is 10.1 Å². The Morgan fingerprint density at radius 3 is 2.56 bits per heavy atom. The molecule has 1 N–H and O–H groups in total. The summed E-state index contributed by atoms with van der Waals surface area (Å²) in [5.41, 5.74) is 2.72. The fourth-order valence-electron chi connectivity index (χ4n) is 4.07. The van der Waals surface area contributed by atoms with E-state index in [1.165, 1.54) is 21.2 Å². The first-order valence-electron chi connectivity index (χ1n) is 12.4. The van der Waals surface area contributed by atoms with Gasteiger partial charge in [-0.05, 0) is 60.2 Å². The van der Waals surface area contributed by atoms with E-state index in [0.717, 1.165) is 23.1 Å². The third kappa shape index (κ3) is 6.82. The van der Waals surface area contributed by atoms with E-state index in [0.29, 0.717) is 36.1 Å². The molecule has 41 heavy (non-hydrogen) atoms. The molecule has 12 heteroatoms. The lowest BCUT2D eigenvalue weighted by Gasteiger charge is -2.15. The Labute approximate surface area is 255 Å². The average Bonchev–Trinajstić information content (AvgIpc) is 3.48. The van der Waals surface area contributed by atoms with Gasteiger partial charge in [-0.3, -0.25) is 23.9 Å². The normalized spacial score (nSPS) is 14.2. The monoisotopic (exact) mass is 622 g/mol. The van der Waals surface area contributed by atoms with Gasteiger partial charge in [-0.25, -0.2) is 4.98 Å². The number of hydrogen-bond acceptors (Lipinski definition) is 8. The standard InChI is InChI=1S/C29H23ClN4O4S3/c1-38-21-12-6-18(7-13-21)16-24-27(37)33(29(39)41-24)15-14-26(36)34-23-5-3-2-4-22(23)32-28(34)40-17-25(35)31-20-10-8-19(30)9-11-20/h2-13,16H,14-15,17H2,1H3,(H,31,35)/b24-16-. The van der Waals surface area contributed by atoms with Crippen molar-refractivity contribution in [1.82, 2.24) is 14.5 Å². The second kappa shape index (κ2) is 12.9. The molecule has 208 valence electrons. The number of imidazole rings is 1. The van der Waals surface area contributed by atoms with Gasteiger partial charge in [0.2, 0.25) is 11.8 Å². The maximum Gasteiger partial charge on any atom is 0.266 e. The number of aromatic nitrogens is 2. The van der Waals surface area contributed by atoms with Gasteiger partial charge < -0.3 is 10.1 Å². The van der Waals surface area contributed by atoms with E-state index in [2.05, 4.69) is 10.3 Å². The minimum absolute atomic E-state index is 0.0210. The van der Waals surface area contributed by atoms with Gasteiger partial charge in [0.05, 0.1) is 28.8 Å². The van der Waals surface area contributed by atoms with Crippen LogP contribution in [-0.4, -0.2) is 55.9 Å². The first kappa shape index (κ1) is 28.9. The number of fused-ring (bicyclic) bond motifs is 1. The van der Waals surface area contributed by atoms with Crippen LogP contribution in [0.4, 0.5) is 5.69 Å². The van der Waals surface area contributed by atoms with Crippen LogP contribution in [0.2, 0.25) is 5.02 Å². The van der Waals surface area contributed by atoms with Gasteiger partial charge in [0.15, 0.2) is 5.16 Å². The summed E-state index contributed by atoms with van der Waals surface area (Å²) in [4.78, 5) is 45.7. The minimum atomic E-state index is -0.257. The molecule has 0 atom stereocenters. The molecule has 3 aromatic carbocycles. The summed E-state index contributed by atoms with van der Waals surface area (Å²) >= 11 is 13.7. The third-order valence-corrected chi connectivity index (χ3v) is 8.64. The number of amides is 2. The number of methoxy groups -OCH3 is 1. The molecular weight excluding hydrogens is 600 g/mol. The lowest BCUT2D eigenvalue weighted by atomic mass is 10.2. The zero-order chi connectivity index (χ0) is 28.9. The summed E-state index contributed by atoms with van der Waals surface area (Å²) in [6, 6.07) is 21.4. The maximum atomic E-state index is 13.5. The predicted molar refractivity (Wildman–Crippen MR) is 169 cm³/mol. The lowest BCUT2D eigenvalue weighted by Crippen LogP contribution is -2.31. The van der Waals surface area contributed by atoms with Crippen LogP contribution in [0, 0.1) is 0 Å². The van der Waals surface area contributed by atoms with Crippen molar-refractivity contribution in [3.05, 3.63) is 88.3 Å². The van der Waals surface area contributed by atoms with Crippen molar-refractivity contribution >= 4 is 92.2 Å². The van der Waals surface area contributed by atoms with Crippen LogP contribution in [0.15, 0.2) is 82.9 Å². The van der Waals surface area contributed by atoms with Gasteiger partial charge in [-0.1, -0.05) is 71.6 Å². The molecule has 2 amide bonds. The number of thiocarbonyl (C=S) groups is 1. The van der Waals surface area contributed by atoms with Crippen LogP contribution < -0.4 is 10.1 Å². The van der Waals surface area contributed by atoms with Crippen molar-refractivity contribution < 1.29 is 19.1 Å². The molecular formula is C29H23ClN4O4S3. The molecule has 0 unspecified atom stereocenters. The molecule has 1 aliphatic rings. The van der Waals surface area contributed by atoms with E-state index in [1.54, 1.807) is 43.5 Å². The SMILES string of the molecule is COc1ccc(/C=C2\SC(=S)N(CCC(=O)n3c(SCC(=O)Nc4ccc(Cl)cc4)nc4ccccc43)C2=O)cc1. The second-order valence-electron chi connectivity index (χ2n) is 8.81. The van der Waals surface area contributed by atoms with E-state index in [4.69, 9.17) is 28.6 Å². The Balaban J connectivity index is 1.27. The van der Waals surface area contributed by atoms with Crippen molar-refractivity contribution in [2.75, 3.05) is 24.7 Å². The first-order chi connectivity index (χ1) is 19.8. The number of nitrogens with one attached hydrogen (secondary N) is 1. The highest BCUT2D eigenvalue weighted by atomic mass is 35.5. The van der Waals surface area contributed by atoms with Crippen molar-refractivity contribution in [2.45, 2.75) is 11.6 Å². The molecule has 4 aromatic rings. The largest absolute Gasteiger partial charge is 0.497 e. The number of hydrogen-bond donors (Lipinski definition) is 1. The van der Waals surface area contributed by atoms with Crippen LogP contribution in [-0.2, 0) is 9.59 Å². The van der Waals surface area contributed by atoms with Crippen LogP contribution in [0.3, 0.4) is 0 Å². The number of anilines is 1. The third-order valence-electron chi connectivity index (χ3n) is 6.08. The van der Waals surface area contributed by atoms with E-state index in [1.807, 2.05) is 42.5 Å². The molecule has 0 aliphatic carbocycles. The number of para-hydroxylation sites is 2. The van der Waals surface area contributed by atoms with E-state index < -0.39 is 0 Å². The molecule has 1 saturated heterocycles. The molecule has 2 heterocycles. The van der Waals surface area contributed by atoms with Crippen molar-refractivity contribution in [3.8, 4) is 5.75 Å². The molecule has 1 fully saturated rings. The van der Waals surface area contributed by atoms with Crippen LogP contribution in [0.1, 0.15) is 16.8 Å². The highest BCUT2D eigenvalue weighted by Crippen LogP contribution is 2.33. The Bertz CT molecular complexity index is 1670. The van der Waals surface area contributed by atoms with Crippen molar-refractivity contribution in [3.63, 3.8) is 0 Å². The molecule has 0 spiro atoms. The molecule has 1 aromatic heterocycles. The Kier molecular flexibility index (Phi) is 9.09. The Morgan fingerprint density at radius 1 is 1.10 bits per heavy atom. The fourth-order valence-corrected chi connectivity index (χ4v) is 6.32. The van der Waals surface area contributed by atoms with Gasteiger partial charge in [-0.2, -0.15) is 0 Å². The quantitative estimate of drug-likeness (QED) is 0.131. The molecule has 0 radical (unpaired) electrons. The Hall–Kier alpha value is -3.64. The zero-order valence-electron chi connectivity index (χ0n) is 21.7. The summed E-state index contributed by atoms with van der Waals surface area (Å²) in [5, 5.41) is 3.78. The zero-order valence-corrected chi connectivity index (χ0v) is 24.9. The number of benzene rings is 3. The first-order valence-corrected chi connectivity index (χ1v) is 15.0. The summed E-state index contributed by atoms with van der Waals surface area (Å²) < 4.78 is 7.08. The molecule has 0 saturated carbocycles. The lowest BCUT2D eigenvalue weighted by molar-refractivity contribution is -0.122. The van der Waals surface area contributed by atoms with Gasteiger partial charge >= 0.3 is 0 Å². The molecule has 8 nitrogen and oxygen atoms in total. The highest BCUT2D eigenvalue weighted by Gasteiger charge is 2.32. The van der Waals surface area contributed by atoms with E-state index in [-0.39, 0.29) is 36.4 Å². The number of rotatable bonds is 9. The van der Waals surface area contributed by atoms with Crippen LogP contribution in [0.25, 0.3) is 17.1 Å². The number of nitrogens with zero attached hydrogens (tertiary/aromatic N) is 3. The Morgan fingerprint density at radius 2 is 1.83 bits per heavy atom. The fraction of sp³-hybridized carbons (Fsp3) is 0.138. The van der Waals surface area contributed by atoms with Crippen molar-refractivity contribution in [2.24, 2.45) is 0 Å². The van der Waals surface area contributed by atoms with Gasteiger partial charge in [0, 0.05) is 23.7 Å². The minimum Gasteiger partial charge on any atom is -0.497 e. The summed E-state index contributed by atoms with van der Waals surface area (Å²) in [5.74, 6) is 0.0222. The number of thioether (sulfide) groups is 2. The summed E-state index contributed by atoms with van der Waals surface area (Å²) in [7, 11) is 1.59. The maximum absolute atomic E-state index is 13.5. The number of carbonyl (C=O) groups is 3. The highest BCUT2D eigenvalue weighted by molar-refractivity contribution is 8.26. The smallest absolute Gasteiger partial charge is 0.266 e. The molecule has 5 rings (SSSR count). The molecule has 1 aliphatic heterocycles. The number of carbonyl (C=O) groups excluding carboxylic acids is 3. The van der Waals surface area contributed by atoms with E-state index in [9.17, 15) is 14.4 Å². The number of halogens is 1. The number of ether oxygens (including phenoxy) is 1. The summed E-state index contributed by atoms with van der Waals surface area (Å²) in [6.45, 7) is 0.122. The second-order valence-corrected chi connectivity index (χ2v) is 11.9. The summed E-state index contributed by atoms with van der Waals surface area (Å²) in [6.07, 6.45) is 1.79. The molecule has 0 bridgehead atoms. The van der Waals surface area contributed by atoms with E-state index >= 15 is 0 Å². The van der Waals surface area contributed by atoms with Crippen LogP contribution >= 0.6 is 47.3 Å². The van der Waals surface area contributed by atoms with Crippen LogP contribution in [0.5, 0.6) is 5.75 Å².